The molecule has 6 nitrogen and oxygen atoms in total. The van der Waals surface area contributed by atoms with Gasteiger partial charge in [0.25, 0.3) is 10.0 Å². The van der Waals surface area contributed by atoms with Gasteiger partial charge in [0, 0.05) is 5.02 Å². The van der Waals surface area contributed by atoms with E-state index in [0.29, 0.717) is 22.0 Å². The fourth-order valence-electron chi connectivity index (χ4n) is 3.60. The quantitative estimate of drug-likeness (QED) is 0.364. The van der Waals surface area contributed by atoms with Crippen LogP contribution < -0.4 is 14.4 Å². The van der Waals surface area contributed by atoms with E-state index in [1.54, 1.807) is 37.3 Å². The molecule has 3 rings (SSSR count). The molecule has 0 aromatic heterocycles. The van der Waals surface area contributed by atoms with E-state index in [4.69, 9.17) is 16.3 Å². The van der Waals surface area contributed by atoms with Crippen molar-refractivity contribution in [1.82, 2.24) is 5.32 Å². The van der Waals surface area contributed by atoms with Gasteiger partial charge >= 0.3 is 0 Å². The number of anilines is 1. The van der Waals surface area contributed by atoms with E-state index in [2.05, 4.69) is 26.1 Å². The number of rotatable bonds is 9. The molecule has 1 N–H and O–H groups in total. The summed E-state index contributed by atoms with van der Waals surface area (Å²) in [4.78, 5) is 12.9. The number of ether oxygens (including phenoxy) is 1. The molecule has 0 radical (unpaired) electrons. The highest BCUT2D eigenvalue weighted by molar-refractivity contribution is 7.92. The van der Waals surface area contributed by atoms with Crippen molar-refractivity contribution in [2.24, 2.45) is 0 Å². The third-order valence-corrected chi connectivity index (χ3v) is 8.00. The number of aryl methyl sites for hydroxylation is 1. The molecule has 3 aromatic rings. The molecule has 0 spiro atoms. The van der Waals surface area contributed by atoms with Gasteiger partial charge in [-0.1, -0.05) is 68.3 Å². The van der Waals surface area contributed by atoms with Crippen LogP contribution in [0.3, 0.4) is 0 Å². The molecule has 192 valence electrons. The molecule has 0 bridgehead atoms. The summed E-state index contributed by atoms with van der Waals surface area (Å²) in [5, 5.41) is 3.17. The number of benzene rings is 3. The van der Waals surface area contributed by atoms with Crippen LogP contribution in [-0.2, 0) is 20.2 Å². The van der Waals surface area contributed by atoms with Crippen LogP contribution in [0, 0.1) is 13.8 Å². The molecule has 0 heterocycles. The van der Waals surface area contributed by atoms with E-state index in [-0.39, 0.29) is 23.5 Å². The molecular weight excluding hydrogens is 496 g/mol. The van der Waals surface area contributed by atoms with Crippen molar-refractivity contribution in [1.29, 1.82) is 0 Å². The number of carbonyl (C=O) groups is 1. The SMILES string of the molecule is Cc1ccc(S(=O)(=O)N(CC(=O)NCCOc2ccc(C(C)(C)C)cc2)c2cccc(Cl)c2C)cc1. The molecule has 0 fully saturated rings. The minimum atomic E-state index is -4.01. The van der Waals surface area contributed by atoms with Gasteiger partial charge < -0.3 is 10.1 Å². The van der Waals surface area contributed by atoms with E-state index >= 15 is 0 Å². The molecule has 36 heavy (non-hydrogen) atoms. The van der Waals surface area contributed by atoms with Gasteiger partial charge in [0.2, 0.25) is 5.91 Å². The average Bonchev–Trinajstić information content (AvgIpc) is 2.82. The molecular formula is C28H33ClN2O4S. The maximum absolute atomic E-state index is 13.5. The van der Waals surface area contributed by atoms with Crippen LogP contribution >= 0.6 is 11.6 Å². The average molecular weight is 529 g/mol. The van der Waals surface area contributed by atoms with Crippen molar-refractivity contribution in [3.8, 4) is 5.75 Å². The number of halogens is 1. The smallest absolute Gasteiger partial charge is 0.264 e. The lowest BCUT2D eigenvalue weighted by Gasteiger charge is -2.26. The summed E-state index contributed by atoms with van der Waals surface area (Å²) >= 11 is 6.27. The zero-order valence-electron chi connectivity index (χ0n) is 21.3. The topological polar surface area (TPSA) is 75.7 Å². The van der Waals surface area contributed by atoms with Crippen LogP contribution in [0.4, 0.5) is 5.69 Å². The number of hydrogen-bond acceptors (Lipinski definition) is 4. The van der Waals surface area contributed by atoms with E-state index < -0.39 is 22.5 Å². The van der Waals surface area contributed by atoms with Crippen LogP contribution in [0.2, 0.25) is 5.02 Å². The van der Waals surface area contributed by atoms with E-state index in [9.17, 15) is 13.2 Å². The highest BCUT2D eigenvalue weighted by Crippen LogP contribution is 2.31. The van der Waals surface area contributed by atoms with Crippen LogP contribution in [0.1, 0.15) is 37.5 Å². The number of carbonyl (C=O) groups excluding carboxylic acids is 1. The summed E-state index contributed by atoms with van der Waals surface area (Å²) in [5.74, 6) is 0.257. The van der Waals surface area contributed by atoms with Crippen LogP contribution in [0.5, 0.6) is 5.75 Å². The molecule has 1 amide bonds. The van der Waals surface area contributed by atoms with Crippen molar-refractivity contribution < 1.29 is 17.9 Å². The Hall–Kier alpha value is -3.03. The Balaban J connectivity index is 1.70. The van der Waals surface area contributed by atoms with Gasteiger partial charge in [-0.3, -0.25) is 9.10 Å². The fraction of sp³-hybridized carbons (Fsp3) is 0.321. The highest BCUT2D eigenvalue weighted by atomic mass is 35.5. The Bertz CT molecular complexity index is 1300. The Kier molecular flexibility index (Phi) is 8.69. The first-order valence-electron chi connectivity index (χ1n) is 11.7. The minimum Gasteiger partial charge on any atom is -0.492 e. The van der Waals surface area contributed by atoms with E-state index in [0.717, 1.165) is 9.87 Å². The van der Waals surface area contributed by atoms with Gasteiger partial charge in [-0.15, -0.1) is 0 Å². The van der Waals surface area contributed by atoms with Gasteiger partial charge in [0.15, 0.2) is 0 Å². The fourth-order valence-corrected chi connectivity index (χ4v) is 5.25. The Morgan fingerprint density at radius 3 is 2.22 bits per heavy atom. The number of hydrogen-bond donors (Lipinski definition) is 1. The number of nitrogens with one attached hydrogen (secondary N) is 1. The minimum absolute atomic E-state index is 0.0542. The first kappa shape index (κ1) is 27.6. The molecule has 0 aliphatic heterocycles. The van der Waals surface area contributed by atoms with E-state index in [1.807, 2.05) is 31.2 Å². The third kappa shape index (κ3) is 6.80. The molecule has 3 aromatic carbocycles. The first-order valence-corrected chi connectivity index (χ1v) is 13.6. The summed E-state index contributed by atoms with van der Waals surface area (Å²) in [5.41, 5.74) is 3.12. The van der Waals surface area contributed by atoms with Gasteiger partial charge in [0.1, 0.15) is 18.9 Å². The second-order valence-corrected chi connectivity index (χ2v) is 12.0. The van der Waals surface area contributed by atoms with Crippen molar-refractivity contribution in [3.05, 3.63) is 88.4 Å². The Morgan fingerprint density at radius 1 is 0.972 bits per heavy atom. The third-order valence-electron chi connectivity index (χ3n) is 5.82. The second-order valence-electron chi connectivity index (χ2n) is 9.68. The molecule has 0 aliphatic carbocycles. The highest BCUT2D eigenvalue weighted by Gasteiger charge is 2.28. The summed E-state index contributed by atoms with van der Waals surface area (Å²) in [7, 11) is -4.01. The zero-order valence-corrected chi connectivity index (χ0v) is 22.9. The lowest BCUT2D eigenvalue weighted by atomic mass is 9.87. The van der Waals surface area contributed by atoms with Gasteiger partial charge in [0.05, 0.1) is 17.1 Å². The number of sulfonamides is 1. The monoisotopic (exact) mass is 528 g/mol. The van der Waals surface area contributed by atoms with Crippen molar-refractivity contribution in [3.63, 3.8) is 0 Å². The van der Waals surface area contributed by atoms with Crippen molar-refractivity contribution in [2.75, 3.05) is 24.0 Å². The van der Waals surface area contributed by atoms with Crippen LogP contribution in [-0.4, -0.2) is 34.0 Å². The summed E-state index contributed by atoms with van der Waals surface area (Å²) < 4.78 is 33.9. The molecule has 0 unspecified atom stereocenters. The standard InChI is InChI=1S/C28H33ClN2O4S/c1-20-9-15-24(16-10-20)36(33,34)31(26-8-6-7-25(29)21(26)2)19-27(32)30-17-18-35-23-13-11-22(12-14-23)28(3,4)5/h6-16H,17-19H2,1-5H3,(H,30,32). The first-order chi connectivity index (χ1) is 16.9. The molecule has 0 saturated carbocycles. The number of nitrogens with zero attached hydrogens (tertiary/aromatic N) is 1. The van der Waals surface area contributed by atoms with Crippen LogP contribution in [0.25, 0.3) is 0 Å². The van der Waals surface area contributed by atoms with Gasteiger partial charge in [-0.05, 0) is 66.8 Å². The predicted octanol–water partition coefficient (Wildman–Crippen LogP) is 5.64. The zero-order chi connectivity index (χ0) is 26.5. The molecule has 0 saturated heterocycles. The summed E-state index contributed by atoms with van der Waals surface area (Å²) in [6.07, 6.45) is 0. The second kappa shape index (κ2) is 11.4. The van der Waals surface area contributed by atoms with Gasteiger partial charge in [-0.25, -0.2) is 8.42 Å². The van der Waals surface area contributed by atoms with Gasteiger partial charge in [-0.2, -0.15) is 0 Å². The van der Waals surface area contributed by atoms with Crippen molar-refractivity contribution in [2.45, 2.75) is 44.9 Å². The normalized spacial score (nSPS) is 11.7. The number of amides is 1. The van der Waals surface area contributed by atoms with Crippen LogP contribution in [0.15, 0.2) is 71.6 Å². The van der Waals surface area contributed by atoms with Crippen molar-refractivity contribution >= 4 is 33.2 Å². The van der Waals surface area contributed by atoms with E-state index in [1.165, 1.54) is 17.7 Å². The Morgan fingerprint density at radius 2 is 1.61 bits per heavy atom. The maximum atomic E-state index is 13.5. The summed E-state index contributed by atoms with van der Waals surface area (Å²) in [6.45, 7) is 10.1. The molecule has 0 atom stereocenters. The lowest BCUT2D eigenvalue weighted by molar-refractivity contribution is -0.119. The predicted molar refractivity (Wildman–Crippen MR) is 146 cm³/mol. The lowest BCUT2D eigenvalue weighted by Crippen LogP contribution is -2.42. The summed E-state index contributed by atoms with van der Waals surface area (Å²) in [6, 6.07) is 19.4. The maximum Gasteiger partial charge on any atom is 0.264 e. The molecule has 8 heteroatoms. The largest absolute Gasteiger partial charge is 0.492 e. The Labute approximate surface area is 219 Å². The molecule has 0 aliphatic rings.